The van der Waals surface area contributed by atoms with Crippen LogP contribution in [0.25, 0.3) is 10.9 Å². The van der Waals surface area contributed by atoms with E-state index in [-0.39, 0.29) is 5.92 Å². The minimum atomic E-state index is -0.913. The van der Waals surface area contributed by atoms with Gasteiger partial charge in [0, 0.05) is 12.4 Å². The van der Waals surface area contributed by atoms with Crippen LogP contribution in [0.3, 0.4) is 0 Å². The summed E-state index contributed by atoms with van der Waals surface area (Å²) in [4.78, 5) is 11.1. The Balaban J connectivity index is 2.84. The Hall–Kier alpha value is -1.84. The number of hydrogen-bond donors (Lipinski definition) is 1. The number of carboxylic acids is 1. The van der Waals surface area contributed by atoms with Gasteiger partial charge in [-0.05, 0) is 12.0 Å². The van der Waals surface area contributed by atoms with Crippen molar-refractivity contribution in [3.05, 3.63) is 29.5 Å². The lowest BCUT2D eigenvalue weighted by Crippen LogP contribution is -2.00. The van der Waals surface area contributed by atoms with E-state index in [4.69, 9.17) is 5.11 Å². The van der Waals surface area contributed by atoms with Gasteiger partial charge in [0.1, 0.15) is 0 Å². The van der Waals surface area contributed by atoms with Crippen LogP contribution in [-0.4, -0.2) is 20.9 Å². The lowest BCUT2D eigenvalue weighted by atomic mass is 10.0. The van der Waals surface area contributed by atoms with Gasteiger partial charge >= 0.3 is 5.97 Å². The van der Waals surface area contributed by atoms with Gasteiger partial charge in [0.05, 0.1) is 16.8 Å². The van der Waals surface area contributed by atoms with Crippen LogP contribution in [0.1, 0.15) is 35.8 Å². The Bertz CT molecular complexity index is 555. The SMILES string of the molecule is CC(C)c1nn(C)c2c(C(=O)O)cccc12. The molecule has 4 nitrogen and oxygen atoms in total. The van der Waals surface area contributed by atoms with Gasteiger partial charge in [0.25, 0.3) is 0 Å². The Labute approximate surface area is 93.5 Å². The van der Waals surface area contributed by atoms with Crippen LogP contribution in [0.2, 0.25) is 0 Å². The van der Waals surface area contributed by atoms with Gasteiger partial charge < -0.3 is 5.11 Å². The maximum atomic E-state index is 11.1. The quantitative estimate of drug-likeness (QED) is 0.842. The molecule has 2 rings (SSSR count). The van der Waals surface area contributed by atoms with Crippen LogP contribution in [0.15, 0.2) is 18.2 Å². The molecule has 0 saturated heterocycles. The van der Waals surface area contributed by atoms with E-state index in [9.17, 15) is 4.79 Å². The Morgan fingerprint density at radius 1 is 1.44 bits per heavy atom. The minimum absolute atomic E-state index is 0.285. The molecule has 4 heteroatoms. The van der Waals surface area contributed by atoms with Crippen molar-refractivity contribution in [3.8, 4) is 0 Å². The predicted molar refractivity (Wildman–Crippen MR) is 61.8 cm³/mol. The number of para-hydroxylation sites is 1. The zero-order chi connectivity index (χ0) is 11.9. The van der Waals surface area contributed by atoms with Crippen molar-refractivity contribution in [1.29, 1.82) is 0 Å². The highest BCUT2D eigenvalue weighted by Gasteiger charge is 2.17. The molecule has 1 aromatic carbocycles. The van der Waals surface area contributed by atoms with E-state index in [1.807, 2.05) is 6.07 Å². The Morgan fingerprint density at radius 2 is 2.12 bits per heavy atom. The zero-order valence-corrected chi connectivity index (χ0v) is 9.56. The number of carbonyl (C=O) groups is 1. The maximum Gasteiger partial charge on any atom is 0.337 e. The van der Waals surface area contributed by atoms with Crippen LogP contribution in [-0.2, 0) is 7.05 Å². The van der Waals surface area contributed by atoms with Crippen LogP contribution in [0.4, 0.5) is 0 Å². The number of rotatable bonds is 2. The Morgan fingerprint density at radius 3 is 2.69 bits per heavy atom. The number of benzene rings is 1. The van der Waals surface area contributed by atoms with Gasteiger partial charge in [0.2, 0.25) is 0 Å². The summed E-state index contributed by atoms with van der Waals surface area (Å²) >= 11 is 0. The fraction of sp³-hybridized carbons (Fsp3) is 0.333. The van der Waals surface area contributed by atoms with Crippen molar-refractivity contribution in [2.75, 3.05) is 0 Å². The van der Waals surface area contributed by atoms with Gasteiger partial charge in [-0.2, -0.15) is 5.10 Å². The van der Waals surface area contributed by atoms with Gasteiger partial charge in [0.15, 0.2) is 0 Å². The highest BCUT2D eigenvalue weighted by atomic mass is 16.4. The average molecular weight is 218 g/mol. The molecule has 1 N–H and O–H groups in total. The van der Waals surface area contributed by atoms with Crippen molar-refractivity contribution in [3.63, 3.8) is 0 Å². The normalized spacial score (nSPS) is 11.2. The third-order valence-corrected chi connectivity index (χ3v) is 2.67. The maximum absolute atomic E-state index is 11.1. The summed E-state index contributed by atoms with van der Waals surface area (Å²) in [5.74, 6) is -0.628. The topological polar surface area (TPSA) is 55.1 Å². The van der Waals surface area contributed by atoms with Crippen LogP contribution in [0.5, 0.6) is 0 Å². The summed E-state index contributed by atoms with van der Waals surface area (Å²) in [5, 5.41) is 14.4. The number of nitrogens with zero attached hydrogens (tertiary/aromatic N) is 2. The molecular formula is C12H14N2O2. The minimum Gasteiger partial charge on any atom is -0.478 e. The lowest BCUT2D eigenvalue weighted by Gasteiger charge is -2.00. The molecule has 0 atom stereocenters. The fourth-order valence-electron chi connectivity index (χ4n) is 1.96. The van der Waals surface area contributed by atoms with Crippen molar-refractivity contribution < 1.29 is 9.90 Å². The smallest absolute Gasteiger partial charge is 0.337 e. The van der Waals surface area contributed by atoms with E-state index >= 15 is 0 Å². The van der Waals surface area contributed by atoms with Crippen LogP contribution < -0.4 is 0 Å². The summed E-state index contributed by atoms with van der Waals surface area (Å²) in [6.45, 7) is 4.10. The third-order valence-electron chi connectivity index (χ3n) is 2.67. The fourth-order valence-corrected chi connectivity index (χ4v) is 1.96. The number of aromatic carboxylic acids is 1. The summed E-state index contributed by atoms with van der Waals surface area (Å²) in [6, 6.07) is 5.29. The van der Waals surface area contributed by atoms with Gasteiger partial charge in [-0.3, -0.25) is 4.68 Å². The summed E-state index contributed by atoms with van der Waals surface area (Å²) < 4.78 is 1.65. The molecule has 0 fully saturated rings. The molecule has 0 bridgehead atoms. The molecule has 0 aliphatic rings. The first-order valence-electron chi connectivity index (χ1n) is 5.21. The van der Waals surface area contributed by atoms with E-state index < -0.39 is 5.97 Å². The van der Waals surface area contributed by atoms with E-state index in [2.05, 4.69) is 18.9 Å². The second-order valence-electron chi connectivity index (χ2n) is 4.17. The van der Waals surface area contributed by atoms with Gasteiger partial charge in [-0.1, -0.05) is 26.0 Å². The van der Waals surface area contributed by atoms with Crippen molar-refractivity contribution >= 4 is 16.9 Å². The largest absolute Gasteiger partial charge is 0.478 e. The molecule has 2 aromatic rings. The monoisotopic (exact) mass is 218 g/mol. The Kier molecular flexibility index (Phi) is 2.42. The number of aryl methyl sites for hydroxylation is 1. The summed E-state index contributed by atoms with van der Waals surface area (Å²) in [7, 11) is 1.78. The molecule has 0 unspecified atom stereocenters. The first-order valence-corrected chi connectivity index (χ1v) is 5.21. The molecule has 84 valence electrons. The molecule has 0 radical (unpaired) electrons. The average Bonchev–Trinajstić information content (AvgIpc) is 2.56. The molecule has 1 heterocycles. The van der Waals surface area contributed by atoms with Gasteiger partial charge in [-0.15, -0.1) is 0 Å². The highest BCUT2D eigenvalue weighted by Crippen LogP contribution is 2.26. The highest BCUT2D eigenvalue weighted by molar-refractivity contribution is 6.02. The molecule has 0 aliphatic heterocycles. The lowest BCUT2D eigenvalue weighted by molar-refractivity contribution is 0.0698. The van der Waals surface area contributed by atoms with Crippen molar-refractivity contribution in [2.24, 2.45) is 7.05 Å². The standard InChI is InChI=1S/C12H14N2O2/c1-7(2)10-8-5-4-6-9(12(15)16)11(8)14(3)13-10/h4-7H,1-3H3,(H,15,16). The van der Waals surface area contributed by atoms with Gasteiger partial charge in [-0.25, -0.2) is 4.79 Å². The van der Waals surface area contributed by atoms with E-state index in [0.29, 0.717) is 11.1 Å². The molecule has 1 aromatic heterocycles. The number of aromatic nitrogens is 2. The molecular weight excluding hydrogens is 204 g/mol. The number of fused-ring (bicyclic) bond motifs is 1. The molecule has 16 heavy (non-hydrogen) atoms. The zero-order valence-electron chi connectivity index (χ0n) is 9.56. The van der Waals surface area contributed by atoms with Crippen LogP contribution >= 0.6 is 0 Å². The second kappa shape index (κ2) is 3.63. The first-order chi connectivity index (χ1) is 7.52. The van der Waals surface area contributed by atoms with Crippen LogP contribution in [0, 0.1) is 0 Å². The summed E-state index contributed by atoms with van der Waals surface area (Å²) in [5.41, 5.74) is 1.94. The third kappa shape index (κ3) is 1.46. The molecule has 0 spiro atoms. The van der Waals surface area contributed by atoms with Crippen molar-refractivity contribution in [1.82, 2.24) is 9.78 Å². The number of hydrogen-bond acceptors (Lipinski definition) is 2. The molecule has 0 saturated carbocycles. The first kappa shape index (κ1) is 10.7. The van der Waals surface area contributed by atoms with Crippen molar-refractivity contribution in [2.45, 2.75) is 19.8 Å². The second-order valence-corrected chi connectivity index (χ2v) is 4.17. The predicted octanol–water partition coefficient (Wildman–Crippen LogP) is 2.39. The van der Waals surface area contributed by atoms with E-state index in [1.54, 1.807) is 23.9 Å². The number of carboxylic acid groups (broad SMARTS) is 1. The molecule has 0 amide bonds. The van der Waals surface area contributed by atoms with E-state index in [1.165, 1.54) is 0 Å². The van der Waals surface area contributed by atoms with E-state index in [0.717, 1.165) is 11.1 Å². The molecule has 0 aliphatic carbocycles. The summed E-state index contributed by atoms with van der Waals surface area (Å²) in [6.07, 6.45) is 0.